The zero-order valence-electron chi connectivity index (χ0n) is 8.84. The van der Waals surface area contributed by atoms with E-state index in [1.807, 2.05) is 0 Å². The molecule has 0 N–H and O–H groups in total. The second-order valence-corrected chi connectivity index (χ2v) is 3.99. The maximum atomic E-state index is 12.1. The highest BCUT2D eigenvalue weighted by atomic mass is 35.5. The molecule has 0 spiro atoms. The summed E-state index contributed by atoms with van der Waals surface area (Å²) in [7, 11) is 0. The molecule has 0 saturated heterocycles. The van der Waals surface area contributed by atoms with Gasteiger partial charge in [-0.25, -0.2) is 0 Å². The molecule has 0 saturated carbocycles. The molecule has 16 heavy (non-hydrogen) atoms. The summed E-state index contributed by atoms with van der Waals surface area (Å²) >= 11 is 5.62. The molecule has 0 aliphatic rings. The van der Waals surface area contributed by atoms with Crippen LogP contribution in [0.1, 0.15) is 22.8 Å². The first kappa shape index (κ1) is 12.9. The number of hydrogen-bond donors (Lipinski definition) is 0. The van der Waals surface area contributed by atoms with Crippen LogP contribution < -0.4 is 4.74 Å². The van der Waals surface area contributed by atoms with E-state index in [1.165, 1.54) is 19.1 Å². The highest BCUT2D eigenvalue weighted by Crippen LogP contribution is 2.22. The van der Waals surface area contributed by atoms with Crippen LogP contribution >= 0.6 is 11.6 Å². The Kier molecular flexibility index (Phi) is 4.24. The molecule has 0 bridgehead atoms. The van der Waals surface area contributed by atoms with Gasteiger partial charge in [-0.15, -0.1) is 11.6 Å². The lowest BCUT2D eigenvalue weighted by atomic mass is 10.1. The van der Waals surface area contributed by atoms with Crippen LogP contribution in [0.3, 0.4) is 0 Å². The predicted molar refractivity (Wildman–Crippen MR) is 57.5 cm³/mol. The Hall–Kier alpha value is -1.16. The minimum absolute atomic E-state index is 0.00170. The number of hydrogen-bond acceptors (Lipinski definition) is 2. The van der Waals surface area contributed by atoms with E-state index in [0.717, 1.165) is 0 Å². The van der Waals surface area contributed by atoms with Gasteiger partial charge in [0, 0.05) is 5.56 Å². The molecule has 1 atom stereocenters. The number of aryl methyl sites for hydroxylation is 1. The minimum Gasteiger partial charge on any atom is -0.435 e. The molecule has 0 radical (unpaired) electrons. The second kappa shape index (κ2) is 5.25. The Morgan fingerprint density at radius 2 is 2.06 bits per heavy atom. The van der Waals surface area contributed by atoms with E-state index in [-0.39, 0.29) is 17.1 Å². The summed E-state index contributed by atoms with van der Waals surface area (Å²) in [6.07, 6.45) is 0. The maximum absolute atomic E-state index is 12.1. The third kappa shape index (κ3) is 3.17. The van der Waals surface area contributed by atoms with E-state index in [4.69, 9.17) is 11.6 Å². The molecule has 1 rings (SSSR count). The fraction of sp³-hybridized carbons (Fsp3) is 0.364. The Labute approximate surface area is 97.2 Å². The number of ketones is 1. The Balaban J connectivity index is 3.02. The van der Waals surface area contributed by atoms with Crippen LogP contribution in [0.4, 0.5) is 8.78 Å². The summed E-state index contributed by atoms with van der Waals surface area (Å²) in [4.78, 5) is 11.5. The lowest BCUT2D eigenvalue weighted by Crippen LogP contribution is -2.11. The van der Waals surface area contributed by atoms with Crippen molar-refractivity contribution in [2.45, 2.75) is 25.8 Å². The molecule has 5 heteroatoms. The Morgan fingerprint density at radius 3 is 2.56 bits per heavy atom. The van der Waals surface area contributed by atoms with Gasteiger partial charge in [0.1, 0.15) is 5.75 Å². The number of carbonyl (C=O) groups is 1. The van der Waals surface area contributed by atoms with Crippen molar-refractivity contribution in [3.8, 4) is 5.75 Å². The van der Waals surface area contributed by atoms with Crippen LogP contribution in [0.25, 0.3) is 0 Å². The zero-order valence-corrected chi connectivity index (χ0v) is 9.59. The van der Waals surface area contributed by atoms with Crippen LogP contribution in [0, 0.1) is 6.92 Å². The van der Waals surface area contributed by atoms with Crippen molar-refractivity contribution in [1.29, 1.82) is 0 Å². The molecule has 1 unspecified atom stereocenters. The van der Waals surface area contributed by atoms with Gasteiger partial charge in [0.15, 0.2) is 5.78 Å². The first-order valence-electron chi connectivity index (χ1n) is 4.65. The summed E-state index contributed by atoms with van der Waals surface area (Å²) in [6.45, 7) is 0.241. The van der Waals surface area contributed by atoms with Crippen LogP contribution in [-0.4, -0.2) is 17.8 Å². The van der Waals surface area contributed by atoms with Crippen molar-refractivity contribution in [3.63, 3.8) is 0 Å². The summed E-state index contributed by atoms with van der Waals surface area (Å²) < 4.78 is 28.4. The molecular weight excluding hydrogens is 238 g/mol. The van der Waals surface area contributed by atoms with Gasteiger partial charge in [0.25, 0.3) is 0 Å². The lowest BCUT2D eigenvalue weighted by molar-refractivity contribution is -0.0503. The van der Waals surface area contributed by atoms with Crippen molar-refractivity contribution < 1.29 is 18.3 Å². The molecule has 2 nitrogen and oxygen atoms in total. The molecule has 1 aromatic rings. The van der Waals surface area contributed by atoms with Crippen molar-refractivity contribution in [2.75, 3.05) is 0 Å². The Bertz CT molecular complexity index is 392. The standard InChI is InChI=1S/C11H11ClF2O2/c1-6-3-4-8(10(15)7(2)12)5-9(6)16-11(13)14/h3-5,7,11H,1-2H3. The predicted octanol–water partition coefficient (Wildman–Crippen LogP) is 3.41. The molecule has 0 amide bonds. The fourth-order valence-corrected chi connectivity index (χ4v) is 1.33. The summed E-state index contributed by atoms with van der Waals surface area (Å²) in [5.74, 6) is -0.320. The number of alkyl halides is 3. The fourth-order valence-electron chi connectivity index (χ4n) is 1.21. The quantitative estimate of drug-likeness (QED) is 0.603. The number of benzene rings is 1. The van der Waals surface area contributed by atoms with Crippen molar-refractivity contribution in [1.82, 2.24) is 0 Å². The molecular formula is C11H11ClF2O2. The normalized spacial score (nSPS) is 12.6. The van der Waals surface area contributed by atoms with E-state index >= 15 is 0 Å². The van der Waals surface area contributed by atoms with Crippen LogP contribution in [0.15, 0.2) is 18.2 Å². The van der Waals surface area contributed by atoms with E-state index < -0.39 is 12.0 Å². The van der Waals surface area contributed by atoms with Gasteiger partial charge in [-0.1, -0.05) is 12.1 Å². The smallest absolute Gasteiger partial charge is 0.387 e. The highest BCUT2D eigenvalue weighted by Gasteiger charge is 2.15. The molecule has 0 aromatic heterocycles. The average Bonchev–Trinajstić information content (AvgIpc) is 2.19. The zero-order chi connectivity index (χ0) is 12.3. The molecule has 0 aliphatic carbocycles. The number of Topliss-reactive ketones (excluding diaryl/α,β-unsaturated/α-hetero) is 1. The van der Waals surface area contributed by atoms with E-state index in [9.17, 15) is 13.6 Å². The van der Waals surface area contributed by atoms with Gasteiger partial charge < -0.3 is 4.74 Å². The summed E-state index contributed by atoms with van der Waals surface area (Å²) in [5.41, 5.74) is 0.808. The van der Waals surface area contributed by atoms with Gasteiger partial charge in [0.05, 0.1) is 5.38 Å². The van der Waals surface area contributed by atoms with Crippen LogP contribution in [0.2, 0.25) is 0 Å². The van der Waals surface area contributed by atoms with Crippen molar-refractivity contribution >= 4 is 17.4 Å². The first-order chi connectivity index (χ1) is 7.41. The van der Waals surface area contributed by atoms with Crippen LogP contribution in [0.5, 0.6) is 5.75 Å². The van der Waals surface area contributed by atoms with Crippen LogP contribution in [-0.2, 0) is 0 Å². The van der Waals surface area contributed by atoms with Crippen molar-refractivity contribution in [2.24, 2.45) is 0 Å². The number of ether oxygens (including phenoxy) is 1. The monoisotopic (exact) mass is 248 g/mol. The topological polar surface area (TPSA) is 26.3 Å². The average molecular weight is 249 g/mol. The third-order valence-electron chi connectivity index (χ3n) is 2.05. The molecule has 0 heterocycles. The maximum Gasteiger partial charge on any atom is 0.387 e. The lowest BCUT2D eigenvalue weighted by Gasteiger charge is -2.10. The number of carbonyl (C=O) groups excluding carboxylic acids is 1. The molecule has 0 aliphatic heterocycles. The van der Waals surface area contributed by atoms with Gasteiger partial charge in [0.2, 0.25) is 0 Å². The van der Waals surface area contributed by atoms with Gasteiger partial charge in [-0.2, -0.15) is 8.78 Å². The molecule has 88 valence electrons. The van der Waals surface area contributed by atoms with Gasteiger partial charge in [-0.05, 0) is 25.5 Å². The van der Waals surface area contributed by atoms with Gasteiger partial charge in [-0.3, -0.25) is 4.79 Å². The number of rotatable bonds is 4. The third-order valence-corrected chi connectivity index (χ3v) is 2.25. The summed E-state index contributed by atoms with van der Waals surface area (Å²) in [6, 6.07) is 4.36. The second-order valence-electron chi connectivity index (χ2n) is 3.34. The largest absolute Gasteiger partial charge is 0.435 e. The van der Waals surface area contributed by atoms with E-state index in [1.54, 1.807) is 13.0 Å². The molecule has 0 fully saturated rings. The summed E-state index contributed by atoms with van der Waals surface area (Å²) in [5, 5.41) is -0.692. The van der Waals surface area contributed by atoms with Crippen molar-refractivity contribution in [3.05, 3.63) is 29.3 Å². The SMILES string of the molecule is Cc1ccc(C(=O)C(C)Cl)cc1OC(F)F. The van der Waals surface area contributed by atoms with E-state index in [2.05, 4.69) is 4.74 Å². The minimum atomic E-state index is -2.91. The molecule has 1 aromatic carbocycles. The van der Waals surface area contributed by atoms with E-state index in [0.29, 0.717) is 5.56 Å². The number of halogens is 3. The Morgan fingerprint density at radius 1 is 1.44 bits per heavy atom. The highest BCUT2D eigenvalue weighted by molar-refractivity contribution is 6.33. The van der Waals surface area contributed by atoms with Gasteiger partial charge >= 0.3 is 6.61 Å². The first-order valence-corrected chi connectivity index (χ1v) is 5.09.